The van der Waals surface area contributed by atoms with E-state index in [-0.39, 0.29) is 12.5 Å². The van der Waals surface area contributed by atoms with Crippen LogP contribution in [-0.4, -0.2) is 51.9 Å². The molecule has 1 aromatic heterocycles. The van der Waals surface area contributed by atoms with Crippen molar-refractivity contribution in [3.05, 3.63) is 47.5 Å². The Morgan fingerprint density at radius 2 is 2.14 bits per heavy atom. The second kappa shape index (κ2) is 11.0. The maximum Gasteiger partial charge on any atom is 0.303 e. The molecule has 182 valence electrons. The predicted molar refractivity (Wildman–Crippen MR) is 128 cm³/mol. The molecular weight excluding hydrogens is 448 g/mol. The predicted octanol–water partition coefficient (Wildman–Crippen LogP) is 4.51. The van der Waals surface area contributed by atoms with Gasteiger partial charge in [-0.05, 0) is 57.5 Å². The third-order valence-electron chi connectivity index (χ3n) is 5.64. The zero-order chi connectivity index (χ0) is 24.8. The third-order valence-corrected chi connectivity index (χ3v) is 5.64. The van der Waals surface area contributed by atoms with E-state index >= 15 is 0 Å². The number of unbranched alkanes of at least 4 members (excludes halogenated alkanes) is 1. The van der Waals surface area contributed by atoms with Gasteiger partial charge in [0, 0.05) is 30.6 Å². The highest BCUT2D eigenvalue weighted by Gasteiger charge is 2.22. The lowest BCUT2D eigenvalue weighted by Gasteiger charge is -2.18. The summed E-state index contributed by atoms with van der Waals surface area (Å²) in [5, 5.41) is 22.5. The van der Waals surface area contributed by atoms with Crippen LogP contribution in [0, 0.1) is 11.3 Å². The number of aliphatic carboxylic acids is 1. The minimum absolute atomic E-state index is 0.0445. The van der Waals surface area contributed by atoms with Crippen LogP contribution in [0.1, 0.15) is 44.2 Å². The first-order valence-electron chi connectivity index (χ1n) is 11.7. The summed E-state index contributed by atoms with van der Waals surface area (Å²) in [4.78, 5) is 17.6. The van der Waals surface area contributed by atoms with Crippen molar-refractivity contribution < 1.29 is 23.9 Å². The van der Waals surface area contributed by atoms with Crippen LogP contribution in [-0.2, 0) is 11.3 Å². The average molecular weight is 477 g/mol. The van der Waals surface area contributed by atoms with Gasteiger partial charge in [-0.15, -0.1) is 0 Å². The molecule has 1 aliphatic rings. The number of nitrogens with zero attached hydrogens (tertiary/aromatic N) is 4. The van der Waals surface area contributed by atoms with E-state index in [0.717, 1.165) is 36.4 Å². The summed E-state index contributed by atoms with van der Waals surface area (Å²) >= 11 is 0. The average Bonchev–Trinajstić information content (AvgIpc) is 3.22. The zero-order valence-electron chi connectivity index (χ0n) is 19.9. The van der Waals surface area contributed by atoms with Crippen molar-refractivity contribution in [3.63, 3.8) is 0 Å². The van der Waals surface area contributed by atoms with Crippen molar-refractivity contribution in [1.82, 2.24) is 15.0 Å². The maximum atomic E-state index is 10.7. The summed E-state index contributed by atoms with van der Waals surface area (Å²) in [5.74, 6) is 1.19. The molecule has 0 amide bonds. The smallest absolute Gasteiger partial charge is 0.303 e. The largest absolute Gasteiger partial charge is 0.491 e. The van der Waals surface area contributed by atoms with Crippen LogP contribution < -0.4 is 9.47 Å². The third kappa shape index (κ3) is 5.97. The standard InChI is InChI=1S/C26H28N4O5/c1-17(2)34-22-10-9-18(14-20(22)15-27)26-28-25(29-35-26)21-7-5-6-19-16-30(12-13-33-24(19)21)11-4-3-8-23(31)32/h5-7,9-10,14,17H,3-4,8,11-13,16H2,1-2H3,(H,31,32). The number of para-hydroxylation sites is 1. The maximum absolute atomic E-state index is 10.7. The molecule has 1 N–H and O–H groups in total. The number of hydrogen-bond acceptors (Lipinski definition) is 8. The molecule has 0 bridgehead atoms. The number of aromatic nitrogens is 2. The molecule has 0 aliphatic carbocycles. The van der Waals surface area contributed by atoms with Crippen molar-refractivity contribution in [1.29, 1.82) is 5.26 Å². The molecule has 0 spiro atoms. The second-order valence-electron chi connectivity index (χ2n) is 8.68. The molecule has 0 fully saturated rings. The normalized spacial score (nSPS) is 13.5. The summed E-state index contributed by atoms with van der Waals surface area (Å²) in [6, 6.07) is 13.2. The molecule has 0 unspecified atom stereocenters. The molecule has 2 aromatic carbocycles. The first kappa shape index (κ1) is 24.2. The van der Waals surface area contributed by atoms with Crippen molar-refractivity contribution >= 4 is 5.97 Å². The molecule has 0 atom stereocenters. The molecule has 0 saturated heterocycles. The van der Waals surface area contributed by atoms with Gasteiger partial charge >= 0.3 is 5.97 Å². The van der Waals surface area contributed by atoms with E-state index in [0.29, 0.717) is 48.2 Å². The Morgan fingerprint density at radius 3 is 2.91 bits per heavy atom. The van der Waals surface area contributed by atoms with E-state index in [1.54, 1.807) is 18.2 Å². The molecule has 1 aliphatic heterocycles. The lowest BCUT2D eigenvalue weighted by molar-refractivity contribution is -0.137. The van der Waals surface area contributed by atoms with E-state index in [1.165, 1.54) is 0 Å². The second-order valence-corrected chi connectivity index (χ2v) is 8.68. The molecule has 35 heavy (non-hydrogen) atoms. The summed E-state index contributed by atoms with van der Waals surface area (Å²) in [5.41, 5.74) is 2.79. The Bertz CT molecular complexity index is 1230. The highest BCUT2D eigenvalue weighted by Crippen LogP contribution is 2.35. The Kier molecular flexibility index (Phi) is 7.63. The van der Waals surface area contributed by atoms with Gasteiger partial charge in [0.05, 0.1) is 17.2 Å². The van der Waals surface area contributed by atoms with Crippen LogP contribution in [0.5, 0.6) is 11.5 Å². The van der Waals surface area contributed by atoms with Gasteiger partial charge < -0.3 is 19.1 Å². The van der Waals surface area contributed by atoms with Gasteiger partial charge in [0.15, 0.2) is 0 Å². The van der Waals surface area contributed by atoms with Gasteiger partial charge in [-0.25, -0.2) is 0 Å². The molecule has 0 radical (unpaired) electrons. The minimum Gasteiger partial charge on any atom is -0.491 e. The fourth-order valence-corrected chi connectivity index (χ4v) is 4.01. The number of hydrogen-bond donors (Lipinski definition) is 1. The summed E-state index contributed by atoms with van der Waals surface area (Å²) in [7, 11) is 0. The van der Waals surface area contributed by atoms with Crippen molar-refractivity contribution in [2.24, 2.45) is 0 Å². The number of carboxylic acid groups (broad SMARTS) is 1. The van der Waals surface area contributed by atoms with Gasteiger partial charge in [0.1, 0.15) is 24.2 Å². The molecule has 0 saturated carbocycles. The number of ether oxygens (including phenoxy) is 2. The molecule has 9 nitrogen and oxygen atoms in total. The Hall–Kier alpha value is -3.90. The van der Waals surface area contributed by atoms with E-state index in [9.17, 15) is 10.1 Å². The summed E-state index contributed by atoms with van der Waals surface area (Å²) < 4.78 is 17.3. The molecule has 9 heteroatoms. The zero-order valence-corrected chi connectivity index (χ0v) is 19.9. The summed E-state index contributed by atoms with van der Waals surface area (Å²) in [6.45, 7) is 6.58. The van der Waals surface area contributed by atoms with Gasteiger partial charge in [-0.3, -0.25) is 9.69 Å². The monoisotopic (exact) mass is 476 g/mol. The molecule has 3 aromatic rings. The minimum atomic E-state index is -0.762. The van der Waals surface area contributed by atoms with Crippen molar-refractivity contribution in [2.75, 3.05) is 19.7 Å². The van der Waals surface area contributed by atoms with Crippen LogP contribution >= 0.6 is 0 Å². The van der Waals surface area contributed by atoms with Crippen LogP contribution in [0.4, 0.5) is 0 Å². The fraction of sp³-hybridized carbons (Fsp3) is 0.385. The van der Waals surface area contributed by atoms with Crippen molar-refractivity contribution in [2.45, 2.75) is 45.8 Å². The first-order chi connectivity index (χ1) is 16.9. The van der Waals surface area contributed by atoms with Crippen LogP contribution in [0.2, 0.25) is 0 Å². The van der Waals surface area contributed by atoms with Gasteiger partial charge in [0.25, 0.3) is 5.89 Å². The van der Waals surface area contributed by atoms with Gasteiger partial charge in [0.2, 0.25) is 5.82 Å². The number of rotatable bonds is 9. The SMILES string of the molecule is CC(C)Oc1ccc(-c2nc(-c3cccc4c3OCCN(CCCCC(=O)O)C4)no2)cc1C#N. The number of nitriles is 1. The van der Waals surface area contributed by atoms with Crippen LogP contribution in [0.25, 0.3) is 22.8 Å². The quantitative estimate of drug-likeness (QED) is 0.444. The van der Waals surface area contributed by atoms with Crippen molar-refractivity contribution in [3.8, 4) is 40.4 Å². The topological polar surface area (TPSA) is 122 Å². The Balaban J connectivity index is 1.53. The number of carbonyl (C=O) groups is 1. The first-order valence-corrected chi connectivity index (χ1v) is 11.7. The van der Waals surface area contributed by atoms with Crippen LogP contribution in [0.15, 0.2) is 40.9 Å². The van der Waals surface area contributed by atoms with Crippen LogP contribution in [0.3, 0.4) is 0 Å². The number of benzene rings is 2. The number of fused-ring (bicyclic) bond motifs is 1. The fourth-order valence-electron chi connectivity index (χ4n) is 4.01. The highest BCUT2D eigenvalue weighted by atomic mass is 16.5. The van der Waals surface area contributed by atoms with E-state index in [2.05, 4.69) is 21.1 Å². The molecule has 4 rings (SSSR count). The number of carboxylic acids is 1. The summed E-state index contributed by atoms with van der Waals surface area (Å²) in [6.07, 6.45) is 1.62. The Morgan fingerprint density at radius 1 is 1.29 bits per heavy atom. The van der Waals surface area contributed by atoms with Gasteiger partial charge in [-0.2, -0.15) is 10.2 Å². The molecule has 2 heterocycles. The van der Waals surface area contributed by atoms with E-state index in [1.807, 2.05) is 32.0 Å². The highest BCUT2D eigenvalue weighted by molar-refractivity contribution is 5.69. The lowest BCUT2D eigenvalue weighted by atomic mass is 10.1. The lowest BCUT2D eigenvalue weighted by Crippen LogP contribution is -2.26. The van der Waals surface area contributed by atoms with E-state index in [4.69, 9.17) is 19.1 Å². The Labute approximate surface area is 203 Å². The van der Waals surface area contributed by atoms with E-state index < -0.39 is 5.97 Å². The molecular formula is C26H28N4O5. The van der Waals surface area contributed by atoms with Gasteiger partial charge in [-0.1, -0.05) is 17.3 Å².